The molecule has 3 aromatic rings. The lowest BCUT2D eigenvalue weighted by atomic mass is 10.2. The number of benzene rings is 1. The SMILES string of the molecule is Cc1nccc(OC2CCN(C(=O)c3cc4ccccc4o3)C2)n1. The number of ether oxygens (including phenoxy) is 1. The van der Waals surface area contributed by atoms with E-state index < -0.39 is 0 Å². The van der Waals surface area contributed by atoms with Gasteiger partial charge in [0.1, 0.15) is 17.5 Å². The van der Waals surface area contributed by atoms with E-state index in [4.69, 9.17) is 9.15 Å². The number of hydrogen-bond donors (Lipinski definition) is 0. The van der Waals surface area contributed by atoms with E-state index in [2.05, 4.69) is 9.97 Å². The standard InChI is InChI=1S/C18H17N3O3/c1-12-19-8-6-17(20-12)23-14-7-9-21(11-14)18(22)16-10-13-4-2-3-5-15(13)24-16/h2-6,8,10,14H,7,9,11H2,1H3. The average molecular weight is 323 g/mol. The van der Waals surface area contributed by atoms with Gasteiger partial charge in [-0.15, -0.1) is 0 Å². The Balaban J connectivity index is 1.45. The summed E-state index contributed by atoms with van der Waals surface area (Å²) in [5.74, 6) is 1.48. The molecule has 0 saturated carbocycles. The number of carbonyl (C=O) groups excluding carboxylic acids is 1. The molecule has 1 saturated heterocycles. The van der Waals surface area contributed by atoms with Crippen LogP contribution in [0.5, 0.6) is 5.88 Å². The number of para-hydroxylation sites is 1. The fourth-order valence-corrected chi connectivity index (χ4v) is 2.92. The highest BCUT2D eigenvalue weighted by atomic mass is 16.5. The van der Waals surface area contributed by atoms with Crippen LogP contribution in [0.4, 0.5) is 0 Å². The molecule has 2 aromatic heterocycles. The van der Waals surface area contributed by atoms with Crippen LogP contribution in [0.2, 0.25) is 0 Å². The number of furan rings is 1. The van der Waals surface area contributed by atoms with Crippen LogP contribution in [0, 0.1) is 6.92 Å². The summed E-state index contributed by atoms with van der Waals surface area (Å²) in [6, 6.07) is 11.1. The maximum absolute atomic E-state index is 12.6. The van der Waals surface area contributed by atoms with Crippen LogP contribution in [0.3, 0.4) is 0 Å². The zero-order chi connectivity index (χ0) is 16.5. The van der Waals surface area contributed by atoms with E-state index in [9.17, 15) is 4.79 Å². The molecule has 0 N–H and O–H groups in total. The van der Waals surface area contributed by atoms with Gasteiger partial charge < -0.3 is 14.1 Å². The lowest BCUT2D eigenvalue weighted by Crippen LogP contribution is -2.30. The Morgan fingerprint density at radius 1 is 1.33 bits per heavy atom. The Bertz CT molecular complexity index is 857. The molecule has 3 heterocycles. The Labute approximate surface area is 139 Å². The van der Waals surface area contributed by atoms with E-state index in [-0.39, 0.29) is 12.0 Å². The van der Waals surface area contributed by atoms with Gasteiger partial charge >= 0.3 is 0 Å². The third-order valence-corrected chi connectivity index (χ3v) is 4.11. The highest BCUT2D eigenvalue weighted by Crippen LogP contribution is 2.23. The number of likely N-dealkylation sites (tertiary alicyclic amines) is 1. The summed E-state index contributed by atoms with van der Waals surface area (Å²) in [4.78, 5) is 22.7. The molecule has 0 spiro atoms. The van der Waals surface area contributed by atoms with Gasteiger partial charge in [0.25, 0.3) is 5.91 Å². The number of fused-ring (bicyclic) bond motifs is 1. The number of hydrogen-bond acceptors (Lipinski definition) is 5. The Morgan fingerprint density at radius 3 is 3.04 bits per heavy atom. The van der Waals surface area contributed by atoms with Crippen molar-refractivity contribution in [2.24, 2.45) is 0 Å². The minimum atomic E-state index is -0.101. The smallest absolute Gasteiger partial charge is 0.289 e. The molecule has 0 radical (unpaired) electrons. The van der Waals surface area contributed by atoms with Gasteiger partial charge in [-0.1, -0.05) is 18.2 Å². The third-order valence-electron chi connectivity index (χ3n) is 4.11. The van der Waals surface area contributed by atoms with Crippen LogP contribution < -0.4 is 4.74 Å². The molecule has 0 bridgehead atoms. The van der Waals surface area contributed by atoms with Crippen LogP contribution >= 0.6 is 0 Å². The second kappa shape index (κ2) is 5.96. The summed E-state index contributed by atoms with van der Waals surface area (Å²) in [6.45, 7) is 2.99. The normalized spacial score (nSPS) is 17.4. The van der Waals surface area contributed by atoms with Crippen LogP contribution in [-0.4, -0.2) is 40.0 Å². The van der Waals surface area contributed by atoms with Gasteiger partial charge in [-0.05, 0) is 19.1 Å². The molecule has 1 aliphatic rings. The highest BCUT2D eigenvalue weighted by molar-refractivity contribution is 5.96. The topological polar surface area (TPSA) is 68.5 Å². The molecule has 1 amide bonds. The quantitative estimate of drug-likeness (QED) is 0.741. The number of aryl methyl sites for hydroxylation is 1. The van der Waals surface area contributed by atoms with Crippen LogP contribution in [0.15, 0.2) is 47.0 Å². The van der Waals surface area contributed by atoms with E-state index in [1.54, 1.807) is 23.2 Å². The molecule has 6 nitrogen and oxygen atoms in total. The highest BCUT2D eigenvalue weighted by Gasteiger charge is 2.30. The van der Waals surface area contributed by atoms with E-state index in [1.165, 1.54) is 0 Å². The second-order valence-electron chi connectivity index (χ2n) is 5.87. The van der Waals surface area contributed by atoms with Crippen molar-refractivity contribution in [3.05, 3.63) is 54.2 Å². The molecule has 1 atom stereocenters. The zero-order valence-electron chi connectivity index (χ0n) is 13.3. The fraction of sp³-hybridized carbons (Fsp3) is 0.278. The second-order valence-corrected chi connectivity index (χ2v) is 5.87. The maximum Gasteiger partial charge on any atom is 0.289 e. The number of carbonyl (C=O) groups is 1. The van der Waals surface area contributed by atoms with Gasteiger partial charge in [0.05, 0.1) is 6.54 Å². The monoisotopic (exact) mass is 323 g/mol. The minimum Gasteiger partial charge on any atom is -0.472 e. The Hall–Kier alpha value is -2.89. The Morgan fingerprint density at radius 2 is 2.21 bits per heavy atom. The van der Waals surface area contributed by atoms with Crippen LogP contribution in [0.25, 0.3) is 11.0 Å². The average Bonchev–Trinajstić information content (AvgIpc) is 3.20. The molecule has 1 aromatic carbocycles. The van der Waals surface area contributed by atoms with Crippen molar-refractivity contribution < 1.29 is 13.9 Å². The molecular formula is C18H17N3O3. The predicted octanol–water partition coefficient (Wildman–Crippen LogP) is 2.82. The van der Waals surface area contributed by atoms with Crippen molar-refractivity contribution in [3.63, 3.8) is 0 Å². The molecule has 1 aliphatic heterocycles. The lowest BCUT2D eigenvalue weighted by molar-refractivity contribution is 0.0742. The number of nitrogens with zero attached hydrogens (tertiary/aromatic N) is 3. The molecule has 1 unspecified atom stereocenters. The third kappa shape index (κ3) is 2.82. The van der Waals surface area contributed by atoms with Crippen LogP contribution in [-0.2, 0) is 0 Å². The summed E-state index contributed by atoms with van der Waals surface area (Å²) in [5, 5.41) is 0.935. The van der Waals surface area contributed by atoms with Crippen molar-refractivity contribution >= 4 is 16.9 Å². The molecule has 0 aliphatic carbocycles. The summed E-state index contributed by atoms with van der Waals surface area (Å²) in [7, 11) is 0. The fourth-order valence-electron chi connectivity index (χ4n) is 2.92. The van der Waals surface area contributed by atoms with Crippen molar-refractivity contribution in [2.45, 2.75) is 19.4 Å². The maximum atomic E-state index is 12.6. The molecule has 122 valence electrons. The first-order chi connectivity index (χ1) is 11.7. The molecule has 1 fully saturated rings. The van der Waals surface area contributed by atoms with Gasteiger partial charge in [0, 0.05) is 30.6 Å². The van der Waals surface area contributed by atoms with Gasteiger partial charge in [0.15, 0.2) is 5.76 Å². The van der Waals surface area contributed by atoms with Crippen LogP contribution in [0.1, 0.15) is 22.8 Å². The Kier molecular flexibility index (Phi) is 3.65. The summed E-state index contributed by atoms with van der Waals surface area (Å²) >= 11 is 0. The summed E-state index contributed by atoms with van der Waals surface area (Å²) in [6.07, 6.45) is 2.38. The molecule has 4 rings (SSSR count). The van der Waals surface area contributed by atoms with Gasteiger partial charge in [-0.3, -0.25) is 4.79 Å². The number of amides is 1. The largest absolute Gasteiger partial charge is 0.472 e. The van der Waals surface area contributed by atoms with Crippen molar-refractivity contribution in [1.82, 2.24) is 14.9 Å². The number of aromatic nitrogens is 2. The summed E-state index contributed by atoms with van der Waals surface area (Å²) in [5.41, 5.74) is 0.726. The first-order valence-corrected chi connectivity index (χ1v) is 7.93. The molecular weight excluding hydrogens is 306 g/mol. The van der Waals surface area contributed by atoms with Crippen molar-refractivity contribution in [1.29, 1.82) is 0 Å². The van der Waals surface area contributed by atoms with E-state index in [0.29, 0.717) is 30.6 Å². The molecule has 6 heteroatoms. The minimum absolute atomic E-state index is 0.0624. The predicted molar refractivity (Wildman–Crippen MR) is 87.9 cm³/mol. The summed E-state index contributed by atoms with van der Waals surface area (Å²) < 4.78 is 11.5. The first kappa shape index (κ1) is 14.7. The zero-order valence-corrected chi connectivity index (χ0v) is 13.3. The molecule has 24 heavy (non-hydrogen) atoms. The van der Waals surface area contributed by atoms with Crippen molar-refractivity contribution in [2.75, 3.05) is 13.1 Å². The van der Waals surface area contributed by atoms with Gasteiger partial charge in [0.2, 0.25) is 5.88 Å². The van der Waals surface area contributed by atoms with Crippen molar-refractivity contribution in [3.8, 4) is 5.88 Å². The lowest BCUT2D eigenvalue weighted by Gasteiger charge is -2.15. The van der Waals surface area contributed by atoms with Gasteiger partial charge in [-0.2, -0.15) is 4.98 Å². The van der Waals surface area contributed by atoms with E-state index >= 15 is 0 Å². The van der Waals surface area contributed by atoms with Gasteiger partial charge in [-0.25, -0.2) is 4.98 Å². The first-order valence-electron chi connectivity index (χ1n) is 7.93. The van der Waals surface area contributed by atoms with E-state index in [1.807, 2.05) is 31.2 Å². The van der Waals surface area contributed by atoms with E-state index in [0.717, 1.165) is 17.4 Å². The number of rotatable bonds is 3.